The summed E-state index contributed by atoms with van der Waals surface area (Å²) in [5.41, 5.74) is 5.16. The van der Waals surface area contributed by atoms with Crippen molar-refractivity contribution in [2.24, 2.45) is 0 Å². The van der Waals surface area contributed by atoms with Gasteiger partial charge in [0.25, 0.3) is 0 Å². The van der Waals surface area contributed by atoms with Gasteiger partial charge < -0.3 is 5.73 Å². The average molecular weight is 227 g/mol. The van der Waals surface area contributed by atoms with Crippen LogP contribution in [0.4, 0.5) is 19.1 Å². The molecule has 0 bridgehead atoms. The normalized spacial score (nSPS) is 12.0. The molecule has 0 aliphatic heterocycles. The van der Waals surface area contributed by atoms with Gasteiger partial charge in [0, 0.05) is 5.39 Å². The van der Waals surface area contributed by atoms with Crippen molar-refractivity contribution in [3.63, 3.8) is 0 Å². The van der Waals surface area contributed by atoms with Crippen molar-refractivity contribution in [3.8, 4) is 0 Å². The highest BCUT2D eigenvalue weighted by Gasteiger charge is 2.35. The van der Waals surface area contributed by atoms with Crippen molar-refractivity contribution in [2.45, 2.75) is 13.1 Å². The van der Waals surface area contributed by atoms with Crippen LogP contribution in [0.2, 0.25) is 0 Å². The zero-order chi connectivity index (χ0) is 11.9. The lowest BCUT2D eigenvalue weighted by molar-refractivity contribution is -0.139. The van der Waals surface area contributed by atoms with E-state index >= 15 is 0 Å². The van der Waals surface area contributed by atoms with E-state index in [1.165, 1.54) is 12.1 Å². The highest BCUT2D eigenvalue weighted by Crippen LogP contribution is 2.33. The van der Waals surface area contributed by atoms with E-state index in [1.54, 1.807) is 13.0 Å². The number of nitrogens with zero attached hydrogens (tertiary/aromatic N) is 2. The van der Waals surface area contributed by atoms with Crippen molar-refractivity contribution in [2.75, 3.05) is 5.73 Å². The lowest BCUT2D eigenvalue weighted by Crippen LogP contribution is -2.12. The third kappa shape index (κ3) is 1.66. The summed E-state index contributed by atoms with van der Waals surface area (Å²) in [6.45, 7) is 1.68. The van der Waals surface area contributed by atoms with Crippen LogP contribution in [-0.4, -0.2) is 9.97 Å². The van der Waals surface area contributed by atoms with E-state index < -0.39 is 11.9 Å². The molecule has 84 valence electrons. The molecule has 6 heteroatoms. The molecule has 0 fully saturated rings. The van der Waals surface area contributed by atoms with Gasteiger partial charge in [-0.15, -0.1) is 0 Å². The molecule has 3 nitrogen and oxygen atoms in total. The van der Waals surface area contributed by atoms with E-state index in [-0.39, 0.29) is 16.9 Å². The van der Waals surface area contributed by atoms with Gasteiger partial charge in [-0.2, -0.15) is 13.2 Å². The van der Waals surface area contributed by atoms with Gasteiger partial charge >= 0.3 is 6.18 Å². The number of halogens is 3. The van der Waals surface area contributed by atoms with Gasteiger partial charge in [0.15, 0.2) is 5.69 Å². The Balaban J connectivity index is 2.89. The van der Waals surface area contributed by atoms with E-state index in [0.717, 1.165) is 0 Å². The van der Waals surface area contributed by atoms with Gasteiger partial charge in [-0.3, -0.25) is 0 Å². The Morgan fingerprint density at radius 3 is 2.50 bits per heavy atom. The number of para-hydroxylation sites is 1. The second-order valence-corrected chi connectivity index (χ2v) is 3.40. The Labute approximate surface area is 89.1 Å². The molecular formula is C10H8F3N3. The summed E-state index contributed by atoms with van der Waals surface area (Å²) in [5.74, 6) is -0.367. The molecule has 0 aliphatic carbocycles. The van der Waals surface area contributed by atoms with Gasteiger partial charge in [-0.05, 0) is 12.5 Å². The smallest absolute Gasteiger partial charge is 0.368 e. The zero-order valence-electron chi connectivity index (χ0n) is 8.34. The minimum atomic E-state index is -4.52. The molecule has 2 aromatic rings. The lowest BCUT2D eigenvalue weighted by Gasteiger charge is -2.10. The molecule has 0 unspecified atom stereocenters. The first-order chi connectivity index (χ1) is 7.39. The Morgan fingerprint density at radius 1 is 1.19 bits per heavy atom. The van der Waals surface area contributed by atoms with Gasteiger partial charge in [-0.25, -0.2) is 9.97 Å². The Bertz CT molecular complexity index is 549. The lowest BCUT2D eigenvalue weighted by atomic mass is 10.1. The molecule has 2 rings (SSSR count). The van der Waals surface area contributed by atoms with Crippen LogP contribution in [0.25, 0.3) is 10.9 Å². The van der Waals surface area contributed by atoms with E-state index in [0.29, 0.717) is 5.56 Å². The van der Waals surface area contributed by atoms with Gasteiger partial charge in [0.2, 0.25) is 5.95 Å². The molecule has 0 radical (unpaired) electrons. The standard InChI is InChI=1S/C10H8F3N3/c1-5-3-2-4-6-7(5)15-9(14)16-8(6)10(11,12)13/h2-4H,1H3,(H2,14,15,16). The molecule has 1 aromatic heterocycles. The van der Waals surface area contributed by atoms with Crippen LogP contribution in [0.3, 0.4) is 0 Å². The molecule has 0 spiro atoms. The SMILES string of the molecule is Cc1cccc2c(C(F)(F)F)nc(N)nc12. The number of alkyl halides is 3. The van der Waals surface area contributed by atoms with Crippen LogP contribution in [0.5, 0.6) is 0 Å². The number of aromatic nitrogens is 2. The average Bonchev–Trinajstić information content (AvgIpc) is 2.17. The van der Waals surface area contributed by atoms with Crippen molar-refractivity contribution in [1.82, 2.24) is 9.97 Å². The predicted molar refractivity (Wildman–Crippen MR) is 53.7 cm³/mol. The molecular weight excluding hydrogens is 219 g/mol. The fourth-order valence-electron chi connectivity index (χ4n) is 1.53. The molecule has 0 aliphatic rings. The molecule has 0 saturated heterocycles. The summed E-state index contributed by atoms with van der Waals surface area (Å²) in [5, 5.41) is -0.0262. The number of hydrogen-bond donors (Lipinski definition) is 1. The van der Waals surface area contributed by atoms with Crippen molar-refractivity contribution < 1.29 is 13.2 Å². The van der Waals surface area contributed by atoms with Crippen LogP contribution < -0.4 is 5.73 Å². The van der Waals surface area contributed by atoms with E-state index in [2.05, 4.69) is 9.97 Å². The summed E-state index contributed by atoms with van der Waals surface area (Å²) < 4.78 is 38.1. The van der Waals surface area contributed by atoms with Crippen molar-refractivity contribution in [1.29, 1.82) is 0 Å². The molecule has 1 heterocycles. The first kappa shape index (κ1) is 10.7. The number of anilines is 1. The second-order valence-electron chi connectivity index (χ2n) is 3.40. The van der Waals surface area contributed by atoms with E-state index in [4.69, 9.17) is 5.73 Å². The number of nitrogens with two attached hydrogens (primary N) is 1. The fourth-order valence-corrected chi connectivity index (χ4v) is 1.53. The summed E-state index contributed by atoms with van der Waals surface area (Å²) >= 11 is 0. The first-order valence-corrected chi connectivity index (χ1v) is 4.49. The van der Waals surface area contributed by atoms with E-state index in [9.17, 15) is 13.2 Å². The third-order valence-corrected chi connectivity index (χ3v) is 2.21. The number of aryl methyl sites for hydroxylation is 1. The fraction of sp³-hybridized carbons (Fsp3) is 0.200. The summed E-state index contributed by atoms with van der Waals surface area (Å²) in [6.07, 6.45) is -4.52. The highest BCUT2D eigenvalue weighted by atomic mass is 19.4. The minimum Gasteiger partial charge on any atom is -0.368 e. The summed E-state index contributed by atoms with van der Waals surface area (Å²) in [4.78, 5) is 7.07. The zero-order valence-corrected chi connectivity index (χ0v) is 8.34. The molecule has 16 heavy (non-hydrogen) atoms. The van der Waals surface area contributed by atoms with Crippen LogP contribution in [0, 0.1) is 6.92 Å². The number of hydrogen-bond acceptors (Lipinski definition) is 3. The van der Waals surface area contributed by atoms with Crippen LogP contribution >= 0.6 is 0 Å². The van der Waals surface area contributed by atoms with E-state index in [1.807, 2.05) is 0 Å². The van der Waals surface area contributed by atoms with Crippen molar-refractivity contribution in [3.05, 3.63) is 29.5 Å². The largest absolute Gasteiger partial charge is 0.434 e. The monoisotopic (exact) mass is 227 g/mol. The number of nitrogen functional groups attached to an aromatic ring is 1. The van der Waals surface area contributed by atoms with Gasteiger partial charge in [-0.1, -0.05) is 18.2 Å². The molecule has 1 aromatic carbocycles. The maximum Gasteiger partial charge on any atom is 0.434 e. The number of rotatable bonds is 0. The third-order valence-electron chi connectivity index (χ3n) is 2.21. The van der Waals surface area contributed by atoms with Gasteiger partial charge in [0.1, 0.15) is 0 Å². The highest BCUT2D eigenvalue weighted by molar-refractivity contribution is 5.85. The quantitative estimate of drug-likeness (QED) is 0.752. The molecule has 0 saturated carbocycles. The first-order valence-electron chi connectivity index (χ1n) is 4.49. The predicted octanol–water partition coefficient (Wildman–Crippen LogP) is 2.54. The number of benzene rings is 1. The van der Waals surface area contributed by atoms with Crippen LogP contribution in [0.1, 0.15) is 11.3 Å². The Kier molecular flexibility index (Phi) is 2.22. The molecule has 0 amide bonds. The maximum atomic E-state index is 12.7. The second kappa shape index (κ2) is 3.33. The Morgan fingerprint density at radius 2 is 1.88 bits per heavy atom. The molecule has 2 N–H and O–H groups in total. The minimum absolute atomic E-state index is 0.0262. The maximum absolute atomic E-state index is 12.7. The van der Waals surface area contributed by atoms with Crippen LogP contribution in [0.15, 0.2) is 18.2 Å². The summed E-state index contributed by atoms with van der Waals surface area (Å²) in [6, 6.07) is 4.55. The number of fused-ring (bicyclic) bond motifs is 1. The summed E-state index contributed by atoms with van der Waals surface area (Å²) in [7, 11) is 0. The van der Waals surface area contributed by atoms with Gasteiger partial charge in [0.05, 0.1) is 5.52 Å². The molecule has 0 atom stereocenters. The van der Waals surface area contributed by atoms with Crippen LogP contribution in [-0.2, 0) is 6.18 Å². The topological polar surface area (TPSA) is 51.8 Å². The van der Waals surface area contributed by atoms with Crippen molar-refractivity contribution >= 4 is 16.9 Å². The Hall–Kier alpha value is -1.85.